The summed E-state index contributed by atoms with van der Waals surface area (Å²) in [7, 11) is 0. The number of unbranched alkanes of at least 4 members (excludes halogenated alkanes) is 1. The Morgan fingerprint density at radius 1 is 1.50 bits per heavy atom. The van der Waals surface area contributed by atoms with Crippen molar-refractivity contribution in [2.45, 2.75) is 12.8 Å². The lowest BCUT2D eigenvalue weighted by Gasteiger charge is -2.03. The maximum atomic E-state index is 11.4. The van der Waals surface area contributed by atoms with E-state index in [4.69, 9.17) is 0 Å². The van der Waals surface area contributed by atoms with E-state index in [9.17, 15) is 4.79 Å². The first kappa shape index (κ1) is 11.0. The number of pyridine rings is 1. The zero-order valence-electron chi connectivity index (χ0n) is 7.94. The Morgan fingerprint density at radius 3 is 3.00 bits per heavy atom. The highest BCUT2D eigenvalue weighted by Crippen LogP contribution is 1.95. The van der Waals surface area contributed by atoms with Gasteiger partial charge in [-0.3, -0.25) is 9.78 Å². The largest absolute Gasteiger partial charge is 0.352 e. The van der Waals surface area contributed by atoms with Crippen LogP contribution < -0.4 is 5.32 Å². The molecule has 76 valence electrons. The van der Waals surface area contributed by atoms with Crippen LogP contribution in [0.3, 0.4) is 0 Å². The number of thiol groups is 1. The first-order valence-corrected chi connectivity index (χ1v) is 5.27. The van der Waals surface area contributed by atoms with Crippen molar-refractivity contribution in [1.82, 2.24) is 10.3 Å². The molecular formula is C10H14N2OS. The molecule has 0 aliphatic rings. The lowest BCUT2D eigenvalue weighted by atomic mass is 10.2. The molecule has 1 heterocycles. The molecule has 4 heteroatoms. The molecule has 0 fully saturated rings. The molecular weight excluding hydrogens is 196 g/mol. The van der Waals surface area contributed by atoms with Gasteiger partial charge in [0.05, 0.1) is 5.56 Å². The monoisotopic (exact) mass is 210 g/mol. The van der Waals surface area contributed by atoms with Gasteiger partial charge in [-0.05, 0) is 30.7 Å². The number of rotatable bonds is 5. The number of carbonyl (C=O) groups is 1. The summed E-state index contributed by atoms with van der Waals surface area (Å²) in [4.78, 5) is 15.3. The lowest BCUT2D eigenvalue weighted by Crippen LogP contribution is -2.24. The second-order valence-corrected chi connectivity index (χ2v) is 3.38. The quantitative estimate of drug-likeness (QED) is 0.571. The number of carbonyl (C=O) groups excluding carboxylic acids is 1. The molecule has 1 N–H and O–H groups in total. The van der Waals surface area contributed by atoms with Crippen LogP contribution in [-0.4, -0.2) is 23.2 Å². The van der Waals surface area contributed by atoms with Gasteiger partial charge in [0.1, 0.15) is 0 Å². The van der Waals surface area contributed by atoms with E-state index < -0.39 is 0 Å². The molecule has 0 unspecified atom stereocenters. The Morgan fingerprint density at radius 2 is 2.36 bits per heavy atom. The summed E-state index contributed by atoms with van der Waals surface area (Å²) >= 11 is 4.09. The average molecular weight is 210 g/mol. The Balaban J connectivity index is 2.29. The number of aromatic nitrogens is 1. The molecule has 1 aromatic rings. The Labute approximate surface area is 89.3 Å². The van der Waals surface area contributed by atoms with Gasteiger partial charge in [-0.15, -0.1) is 0 Å². The fourth-order valence-electron chi connectivity index (χ4n) is 1.04. The third-order valence-corrected chi connectivity index (χ3v) is 2.11. The van der Waals surface area contributed by atoms with Gasteiger partial charge in [0.15, 0.2) is 0 Å². The molecule has 14 heavy (non-hydrogen) atoms. The van der Waals surface area contributed by atoms with E-state index in [0.717, 1.165) is 18.6 Å². The summed E-state index contributed by atoms with van der Waals surface area (Å²) < 4.78 is 0. The van der Waals surface area contributed by atoms with E-state index in [1.165, 1.54) is 0 Å². The van der Waals surface area contributed by atoms with E-state index >= 15 is 0 Å². The van der Waals surface area contributed by atoms with Crippen molar-refractivity contribution in [2.24, 2.45) is 0 Å². The van der Waals surface area contributed by atoms with Crippen molar-refractivity contribution < 1.29 is 4.79 Å². The molecule has 0 atom stereocenters. The average Bonchev–Trinajstić information content (AvgIpc) is 2.25. The van der Waals surface area contributed by atoms with Crippen LogP contribution in [0.2, 0.25) is 0 Å². The van der Waals surface area contributed by atoms with Crippen LogP contribution in [0.15, 0.2) is 24.5 Å². The first-order chi connectivity index (χ1) is 6.84. The number of hydrogen-bond acceptors (Lipinski definition) is 3. The van der Waals surface area contributed by atoms with E-state index in [2.05, 4.69) is 22.9 Å². The molecule has 0 saturated carbocycles. The van der Waals surface area contributed by atoms with Crippen LogP contribution in [0.1, 0.15) is 23.2 Å². The maximum absolute atomic E-state index is 11.4. The van der Waals surface area contributed by atoms with Crippen molar-refractivity contribution in [1.29, 1.82) is 0 Å². The van der Waals surface area contributed by atoms with Gasteiger partial charge in [-0.1, -0.05) is 0 Å². The smallest absolute Gasteiger partial charge is 0.252 e. The second-order valence-electron chi connectivity index (χ2n) is 2.93. The van der Waals surface area contributed by atoms with Crippen LogP contribution in [0.25, 0.3) is 0 Å². The van der Waals surface area contributed by atoms with Gasteiger partial charge in [-0.2, -0.15) is 12.6 Å². The van der Waals surface area contributed by atoms with Crippen molar-refractivity contribution >= 4 is 18.5 Å². The van der Waals surface area contributed by atoms with Crippen molar-refractivity contribution in [3.63, 3.8) is 0 Å². The maximum Gasteiger partial charge on any atom is 0.252 e. The second kappa shape index (κ2) is 6.43. The molecule has 3 nitrogen and oxygen atoms in total. The predicted molar refractivity (Wildman–Crippen MR) is 59.7 cm³/mol. The van der Waals surface area contributed by atoms with Crippen molar-refractivity contribution in [3.8, 4) is 0 Å². The molecule has 0 bridgehead atoms. The highest BCUT2D eigenvalue weighted by Gasteiger charge is 2.02. The number of amides is 1. The Bertz CT molecular complexity index is 277. The van der Waals surface area contributed by atoms with Gasteiger partial charge in [-0.25, -0.2) is 0 Å². The Hall–Kier alpha value is -1.03. The van der Waals surface area contributed by atoms with E-state index in [1.54, 1.807) is 24.5 Å². The highest BCUT2D eigenvalue weighted by atomic mass is 32.1. The van der Waals surface area contributed by atoms with Crippen LogP contribution >= 0.6 is 12.6 Å². The van der Waals surface area contributed by atoms with Gasteiger partial charge >= 0.3 is 0 Å². The van der Waals surface area contributed by atoms with Crippen LogP contribution in [-0.2, 0) is 0 Å². The van der Waals surface area contributed by atoms with Gasteiger partial charge < -0.3 is 5.32 Å². The molecule has 1 rings (SSSR count). The molecule has 1 aromatic heterocycles. The predicted octanol–water partition coefficient (Wildman–Crippen LogP) is 1.52. The number of nitrogens with zero attached hydrogens (tertiary/aromatic N) is 1. The van der Waals surface area contributed by atoms with Crippen molar-refractivity contribution in [2.75, 3.05) is 12.3 Å². The summed E-state index contributed by atoms with van der Waals surface area (Å²) in [6.07, 6.45) is 5.21. The van der Waals surface area contributed by atoms with Crippen LogP contribution in [0.5, 0.6) is 0 Å². The fraction of sp³-hybridized carbons (Fsp3) is 0.400. The molecule has 0 spiro atoms. The molecule has 0 aromatic carbocycles. The molecule has 0 saturated heterocycles. The third kappa shape index (κ3) is 3.79. The van der Waals surface area contributed by atoms with Gasteiger partial charge in [0.25, 0.3) is 5.91 Å². The number of nitrogens with one attached hydrogen (secondary N) is 1. The molecule has 1 amide bonds. The minimum atomic E-state index is -0.0581. The van der Waals surface area contributed by atoms with Crippen LogP contribution in [0.4, 0.5) is 0 Å². The summed E-state index contributed by atoms with van der Waals surface area (Å²) in [6, 6.07) is 3.50. The number of hydrogen-bond donors (Lipinski definition) is 2. The van der Waals surface area contributed by atoms with E-state index in [-0.39, 0.29) is 5.91 Å². The first-order valence-electron chi connectivity index (χ1n) is 4.63. The van der Waals surface area contributed by atoms with Gasteiger partial charge in [0.2, 0.25) is 0 Å². The minimum Gasteiger partial charge on any atom is -0.352 e. The summed E-state index contributed by atoms with van der Waals surface area (Å²) in [5, 5.41) is 2.82. The molecule has 0 radical (unpaired) electrons. The summed E-state index contributed by atoms with van der Waals surface area (Å²) in [5.74, 6) is 0.806. The Kier molecular flexibility index (Phi) is 5.07. The van der Waals surface area contributed by atoms with E-state index in [0.29, 0.717) is 12.1 Å². The molecule has 0 aliphatic carbocycles. The van der Waals surface area contributed by atoms with Gasteiger partial charge in [0, 0.05) is 18.9 Å². The fourth-order valence-corrected chi connectivity index (χ4v) is 1.26. The normalized spacial score (nSPS) is 9.79. The summed E-state index contributed by atoms with van der Waals surface area (Å²) in [5.41, 5.74) is 0.610. The standard InChI is InChI=1S/C10H14N2OS/c13-10(12-6-1-2-7-14)9-4-3-5-11-8-9/h3-5,8,14H,1-2,6-7H2,(H,12,13). The SMILES string of the molecule is O=C(NCCCCS)c1cccnc1. The molecule has 0 aliphatic heterocycles. The highest BCUT2D eigenvalue weighted by molar-refractivity contribution is 7.80. The topological polar surface area (TPSA) is 42.0 Å². The zero-order chi connectivity index (χ0) is 10.2. The minimum absolute atomic E-state index is 0.0581. The zero-order valence-corrected chi connectivity index (χ0v) is 8.83. The lowest BCUT2D eigenvalue weighted by molar-refractivity contribution is 0.0953. The van der Waals surface area contributed by atoms with E-state index in [1.807, 2.05) is 0 Å². The van der Waals surface area contributed by atoms with Crippen LogP contribution in [0, 0.1) is 0 Å². The summed E-state index contributed by atoms with van der Waals surface area (Å²) in [6.45, 7) is 0.703. The van der Waals surface area contributed by atoms with Crippen molar-refractivity contribution in [3.05, 3.63) is 30.1 Å². The third-order valence-electron chi connectivity index (χ3n) is 1.79.